The number of alkyl halides is 2. The van der Waals surface area contributed by atoms with Gasteiger partial charge in [-0.3, -0.25) is 9.80 Å². The maximum Gasteiger partial charge on any atom is 0.115 e. The lowest BCUT2D eigenvalue weighted by Gasteiger charge is -2.32. The smallest absolute Gasteiger partial charge is 0.115 e. The average Bonchev–Trinajstić information content (AvgIpc) is 2.77. The molecule has 2 heterocycles. The van der Waals surface area contributed by atoms with Gasteiger partial charge in [-0.1, -0.05) is 43.3 Å². The molecule has 0 radical (unpaired) electrons. The van der Waals surface area contributed by atoms with E-state index >= 15 is 0 Å². The van der Waals surface area contributed by atoms with Crippen LogP contribution in [-0.4, -0.2) is 35.5 Å². The zero-order chi connectivity index (χ0) is 20.8. The summed E-state index contributed by atoms with van der Waals surface area (Å²) in [5.74, 6) is 0. The Kier molecular flexibility index (Phi) is 7.79. The van der Waals surface area contributed by atoms with Crippen molar-refractivity contribution in [2.24, 2.45) is 0 Å². The number of rotatable bonds is 4. The van der Waals surface area contributed by atoms with Crippen molar-refractivity contribution in [3.63, 3.8) is 0 Å². The molecule has 4 heteroatoms. The number of benzene rings is 2. The van der Waals surface area contributed by atoms with Crippen molar-refractivity contribution < 1.29 is 8.78 Å². The molecule has 158 valence electrons. The average molecular weight is 401 g/mol. The number of likely N-dealkylation sites (N-methyl/N-ethyl adjacent to an activating group) is 1. The Bertz CT molecular complexity index is 803. The van der Waals surface area contributed by atoms with Crippen molar-refractivity contribution in [3.05, 3.63) is 69.8 Å². The third kappa shape index (κ3) is 5.64. The number of halogens is 2. The summed E-state index contributed by atoms with van der Waals surface area (Å²) in [6.07, 6.45) is 2.20. The second-order valence-electron chi connectivity index (χ2n) is 8.41. The van der Waals surface area contributed by atoms with E-state index in [0.717, 1.165) is 56.7 Å². The lowest BCUT2D eigenvalue weighted by molar-refractivity contribution is 0.203. The van der Waals surface area contributed by atoms with Gasteiger partial charge in [0.05, 0.1) is 0 Å². The van der Waals surface area contributed by atoms with Gasteiger partial charge in [0, 0.05) is 32.2 Å². The minimum atomic E-state index is -0.352. The minimum Gasteiger partial charge on any atom is -0.299 e. The predicted molar refractivity (Wildman–Crippen MR) is 116 cm³/mol. The second kappa shape index (κ2) is 10.3. The molecule has 0 saturated carbocycles. The molecular formula is C25H34F2N2. The summed E-state index contributed by atoms with van der Waals surface area (Å²) in [4.78, 5) is 4.83. The fourth-order valence-electron chi connectivity index (χ4n) is 4.18. The molecule has 0 spiro atoms. The molecule has 2 aromatic carbocycles. The van der Waals surface area contributed by atoms with E-state index in [2.05, 4.69) is 42.7 Å². The van der Waals surface area contributed by atoms with Crippen LogP contribution in [0.15, 0.2) is 36.4 Å². The van der Waals surface area contributed by atoms with Crippen LogP contribution in [0.2, 0.25) is 0 Å². The van der Waals surface area contributed by atoms with Crippen molar-refractivity contribution in [1.29, 1.82) is 0 Å². The summed E-state index contributed by atoms with van der Waals surface area (Å²) in [6, 6.07) is 12.6. The molecule has 2 nitrogen and oxygen atoms in total. The monoisotopic (exact) mass is 400 g/mol. The van der Waals surface area contributed by atoms with Crippen molar-refractivity contribution >= 4 is 0 Å². The molecule has 0 fully saturated rings. The van der Waals surface area contributed by atoms with E-state index in [1.807, 2.05) is 24.3 Å². The SMILES string of the molecule is CC(C)N1CCc2ccc(CF)cc2C1.CCN1CCc2ccc(CF)cc2C1. The molecule has 0 bridgehead atoms. The van der Waals surface area contributed by atoms with Gasteiger partial charge in [0.2, 0.25) is 0 Å². The van der Waals surface area contributed by atoms with Crippen LogP contribution in [0.5, 0.6) is 0 Å². The van der Waals surface area contributed by atoms with Crippen LogP contribution in [0.1, 0.15) is 54.2 Å². The molecule has 2 aromatic rings. The molecule has 0 saturated heterocycles. The van der Waals surface area contributed by atoms with Gasteiger partial charge in [-0.2, -0.15) is 0 Å². The number of hydrogen-bond donors (Lipinski definition) is 0. The van der Waals surface area contributed by atoms with E-state index in [4.69, 9.17) is 0 Å². The lowest BCUT2D eigenvalue weighted by Crippen LogP contribution is -2.35. The van der Waals surface area contributed by atoms with Crippen molar-refractivity contribution in [1.82, 2.24) is 9.80 Å². The van der Waals surface area contributed by atoms with Crippen LogP contribution in [0.25, 0.3) is 0 Å². The Labute approximate surface area is 174 Å². The van der Waals surface area contributed by atoms with Crippen molar-refractivity contribution in [2.75, 3.05) is 19.6 Å². The summed E-state index contributed by atoms with van der Waals surface area (Å²) in [7, 11) is 0. The Morgan fingerprint density at radius 1 is 0.793 bits per heavy atom. The highest BCUT2D eigenvalue weighted by atomic mass is 19.1. The molecular weight excluding hydrogens is 366 g/mol. The van der Waals surface area contributed by atoms with E-state index in [9.17, 15) is 8.78 Å². The Balaban J connectivity index is 0.000000166. The molecule has 0 amide bonds. The third-order valence-corrected chi connectivity index (χ3v) is 6.16. The first-order valence-electron chi connectivity index (χ1n) is 10.8. The largest absolute Gasteiger partial charge is 0.299 e. The third-order valence-electron chi connectivity index (χ3n) is 6.16. The highest BCUT2D eigenvalue weighted by molar-refractivity contribution is 5.34. The highest BCUT2D eigenvalue weighted by Gasteiger charge is 2.18. The Hall–Kier alpha value is -1.78. The van der Waals surface area contributed by atoms with Crippen LogP contribution < -0.4 is 0 Å². The van der Waals surface area contributed by atoms with Gasteiger partial charge in [0.25, 0.3) is 0 Å². The first-order valence-corrected chi connectivity index (χ1v) is 10.8. The molecule has 0 N–H and O–H groups in total. The summed E-state index contributed by atoms with van der Waals surface area (Å²) in [5, 5.41) is 0. The van der Waals surface area contributed by atoms with Crippen LogP contribution in [0, 0.1) is 0 Å². The standard InChI is InChI=1S/C13H18FN.C12H16FN/c1-10(2)15-6-5-12-4-3-11(8-14)7-13(12)9-15;1-2-14-6-5-11-4-3-10(8-13)7-12(11)9-14/h3-4,7,10H,5-6,8-9H2,1-2H3;3-4,7H,2,5-6,8-9H2,1H3. The molecule has 0 aromatic heterocycles. The first kappa shape index (κ1) is 21.9. The maximum absolute atomic E-state index is 12.5. The van der Waals surface area contributed by atoms with Gasteiger partial charge in [0.1, 0.15) is 13.3 Å². The Morgan fingerprint density at radius 3 is 1.86 bits per heavy atom. The van der Waals surface area contributed by atoms with E-state index < -0.39 is 0 Å². The zero-order valence-corrected chi connectivity index (χ0v) is 18.1. The van der Waals surface area contributed by atoms with Gasteiger partial charge in [-0.25, -0.2) is 8.78 Å². The molecule has 29 heavy (non-hydrogen) atoms. The predicted octanol–water partition coefficient (Wildman–Crippen LogP) is 5.46. The lowest BCUT2D eigenvalue weighted by atomic mass is 9.97. The van der Waals surface area contributed by atoms with E-state index in [1.165, 1.54) is 22.3 Å². The quantitative estimate of drug-likeness (QED) is 0.673. The van der Waals surface area contributed by atoms with Gasteiger partial charge < -0.3 is 0 Å². The summed E-state index contributed by atoms with van der Waals surface area (Å²) in [5.41, 5.74) is 7.02. The highest BCUT2D eigenvalue weighted by Crippen LogP contribution is 2.22. The molecule has 2 aliphatic rings. The molecule has 4 rings (SSSR count). The molecule has 0 atom stereocenters. The number of nitrogens with zero attached hydrogens (tertiary/aromatic N) is 2. The van der Waals surface area contributed by atoms with Crippen molar-refractivity contribution in [3.8, 4) is 0 Å². The molecule has 2 aliphatic heterocycles. The maximum atomic E-state index is 12.5. The van der Waals surface area contributed by atoms with Crippen LogP contribution in [0.3, 0.4) is 0 Å². The van der Waals surface area contributed by atoms with Crippen LogP contribution in [-0.2, 0) is 39.3 Å². The van der Waals surface area contributed by atoms with Gasteiger partial charge in [-0.15, -0.1) is 0 Å². The number of hydrogen-bond acceptors (Lipinski definition) is 2. The topological polar surface area (TPSA) is 6.48 Å². The summed E-state index contributed by atoms with van der Waals surface area (Å²) >= 11 is 0. The van der Waals surface area contributed by atoms with E-state index in [0.29, 0.717) is 6.04 Å². The van der Waals surface area contributed by atoms with Crippen LogP contribution in [0.4, 0.5) is 8.78 Å². The fourth-order valence-corrected chi connectivity index (χ4v) is 4.18. The van der Waals surface area contributed by atoms with E-state index in [-0.39, 0.29) is 13.3 Å². The van der Waals surface area contributed by atoms with E-state index in [1.54, 1.807) is 0 Å². The van der Waals surface area contributed by atoms with Crippen LogP contribution >= 0.6 is 0 Å². The van der Waals surface area contributed by atoms with Gasteiger partial charge >= 0.3 is 0 Å². The van der Waals surface area contributed by atoms with Crippen molar-refractivity contribution in [2.45, 2.75) is 66.1 Å². The van der Waals surface area contributed by atoms with Gasteiger partial charge in [-0.05, 0) is 66.6 Å². The molecule has 0 unspecified atom stereocenters. The summed E-state index contributed by atoms with van der Waals surface area (Å²) in [6.45, 7) is 11.2. The minimum absolute atomic E-state index is 0.348. The normalized spacial score (nSPS) is 16.8. The van der Waals surface area contributed by atoms with Gasteiger partial charge in [0.15, 0.2) is 0 Å². The zero-order valence-electron chi connectivity index (χ0n) is 18.1. The number of fused-ring (bicyclic) bond motifs is 2. The first-order chi connectivity index (χ1) is 14.0. The summed E-state index contributed by atoms with van der Waals surface area (Å²) < 4.78 is 25.0. The second-order valence-corrected chi connectivity index (χ2v) is 8.41. The Morgan fingerprint density at radius 2 is 1.34 bits per heavy atom. The molecule has 0 aliphatic carbocycles. The fraction of sp³-hybridized carbons (Fsp3) is 0.520.